The predicted molar refractivity (Wildman–Crippen MR) is 77.6 cm³/mol. The second-order valence-electron chi connectivity index (χ2n) is 4.33. The van der Waals surface area contributed by atoms with Crippen molar-refractivity contribution in [3.8, 4) is 0 Å². The van der Waals surface area contributed by atoms with E-state index in [-0.39, 0.29) is 24.4 Å². The Kier molecular flexibility index (Phi) is 6.44. The van der Waals surface area contributed by atoms with Crippen LogP contribution < -0.4 is 10.9 Å². The van der Waals surface area contributed by atoms with E-state index < -0.39 is 12.0 Å². The lowest BCUT2D eigenvalue weighted by molar-refractivity contribution is -0.137. The normalized spacial score (nSPS) is 11.9. The Morgan fingerprint density at radius 2 is 2.15 bits per heavy atom. The number of carboxylic acids is 1. The van der Waals surface area contributed by atoms with Crippen LogP contribution in [0.4, 0.5) is 0 Å². The van der Waals surface area contributed by atoms with E-state index in [2.05, 4.69) is 21.2 Å². The Balaban J connectivity index is 2.87. The zero-order valence-electron chi connectivity index (χ0n) is 11.1. The molecule has 1 rings (SSSR count). The number of carbonyl (C=O) groups excluding carboxylic acids is 1. The molecule has 1 heterocycles. The van der Waals surface area contributed by atoms with Crippen LogP contribution in [0.5, 0.6) is 0 Å². The highest BCUT2D eigenvalue weighted by Crippen LogP contribution is 2.15. The molecule has 0 aliphatic heterocycles. The van der Waals surface area contributed by atoms with Gasteiger partial charge in [0.15, 0.2) is 0 Å². The van der Waals surface area contributed by atoms with E-state index in [9.17, 15) is 14.4 Å². The SMILES string of the molecule is CCCC(C(=O)NCCC(=O)O)n1cc(Br)ccc1=O. The lowest BCUT2D eigenvalue weighted by Gasteiger charge is -2.18. The second kappa shape index (κ2) is 7.84. The number of carboxylic acid groups (broad SMARTS) is 1. The summed E-state index contributed by atoms with van der Waals surface area (Å²) >= 11 is 3.27. The minimum atomic E-state index is -0.975. The van der Waals surface area contributed by atoms with Gasteiger partial charge in [-0.2, -0.15) is 0 Å². The predicted octanol–water partition coefficient (Wildman–Crippen LogP) is 1.54. The molecule has 0 aliphatic rings. The number of amides is 1. The van der Waals surface area contributed by atoms with Crippen molar-refractivity contribution < 1.29 is 14.7 Å². The highest BCUT2D eigenvalue weighted by molar-refractivity contribution is 9.10. The Hall–Kier alpha value is -1.63. The number of hydrogen-bond donors (Lipinski definition) is 2. The average Bonchev–Trinajstić information content (AvgIpc) is 2.38. The molecule has 0 radical (unpaired) electrons. The van der Waals surface area contributed by atoms with Gasteiger partial charge in [0.05, 0.1) is 6.42 Å². The van der Waals surface area contributed by atoms with Crippen LogP contribution in [-0.2, 0) is 9.59 Å². The molecule has 2 N–H and O–H groups in total. The monoisotopic (exact) mass is 344 g/mol. The molecule has 0 fully saturated rings. The Bertz CT molecular complexity index is 541. The molecule has 1 aromatic heterocycles. The Morgan fingerprint density at radius 1 is 1.45 bits per heavy atom. The van der Waals surface area contributed by atoms with E-state index in [1.54, 1.807) is 12.3 Å². The van der Waals surface area contributed by atoms with Crippen molar-refractivity contribution in [2.45, 2.75) is 32.2 Å². The number of hydrogen-bond acceptors (Lipinski definition) is 3. The molecular formula is C13H17BrN2O4. The number of nitrogens with one attached hydrogen (secondary N) is 1. The zero-order valence-corrected chi connectivity index (χ0v) is 12.7. The molecule has 110 valence electrons. The van der Waals surface area contributed by atoms with Crippen molar-refractivity contribution in [1.82, 2.24) is 9.88 Å². The third-order valence-electron chi connectivity index (χ3n) is 2.74. The number of aromatic nitrogens is 1. The van der Waals surface area contributed by atoms with Crippen molar-refractivity contribution >= 4 is 27.8 Å². The van der Waals surface area contributed by atoms with Crippen LogP contribution in [0.1, 0.15) is 32.2 Å². The lowest BCUT2D eigenvalue weighted by Crippen LogP contribution is -2.37. The fraction of sp³-hybridized carbons (Fsp3) is 0.462. The maximum atomic E-state index is 12.1. The molecule has 20 heavy (non-hydrogen) atoms. The van der Waals surface area contributed by atoms with E-state index in [1.807, 2.05) is 6.92 Å². The van der Waals surface area contributed by atoms with Crippen molar-refractivity contribution in [3.63, 3.8) is 0 Å². The van der Waals surface area contributed by atoms with Crippen molar-refractivity contribution in [3.05, 3.63) is 33.2 Å². The number of pyridine rings is 1. The summed E-state index contributed by atoms with van der Waals surface area (Å²) in [5.41, 5.74) is -0.264. The van der Waals surface area contributed by atoms with Crippen LogP contribution in [0.3, 0.4) is 0 Å². The quantitative estimate of drug-likeness (QED) is 0.785. The van der Waals surface area contributed by atoms with E-state index in [1.165, 1.54) is 10.6 Å². The molecule has 7 heteroatoms. The molecule has 0 saturated carbocycles. The number of aliphatic carboxylic acids is 1. The van der Waals surface area contributed by atoms with Gasteiger partial charge >= 0.3 is 5.97 Å². The molecule has 0 aromatic carbocycles. The first-order valence-corrected chi connectivity index (χ1v) is 7.12. The minimum Gasteiger partial charge on any atom is -0.481 e. The fourth-order valence-electron chi connectivity index (χ4n) is 1.80. The minimum absolute atomic E-state index is 0.0527. The van der Waals surface area contributed by atoms with Crippen molar-refractivity contribution in [2.75, 3.05) is 6.54 Å². The van der Waals surface area contributed by atoms with E-state index in [0.717, 1.165) is 6.42 Å². The summed E-state index contributed by atoms with van der Waals surface area (Å²) in [6.45, 7) is 1.97. The Labute approximate surface area is 124 Å². The topological polar surface area (TPSA) is 88.4 Å². The molecule has 1 unspecified atom stereocenters. The zero-order chi connectivity index (χ0) is 15.1. The Morgan fingerprint density at radius 3 is 2.75 bits per heavy atom. The standard InChI is InChI=1S/C13H17BrN2O4/c1-2-3-10(13(20)15-7-6-12(18)19)16-8-9(14)4-5-11(16)17/h4-5,8,10H,2-3,6-7H2,1H3,(H,15,20)(H,18,19). The lowest BCUT2D eigenvalue weighted by atomic mass is 10.1. The van der Waals surface area contributed by atoms with Gasteiger partial charge in [0.25, 0.3) is 5.56 Å². The molecular weight excluding hydrogens is 328 g/mol. The van der Waals surface area contributed by atoms with Crippen molar-refractivity contribution in [2.24, 2.45) is 0 Å². The molecule has 0 bridgehead atoms. The summed E-state index contributed by atoms with van der Waals surface area (Å²) in [5.74, 6) is -1.31. The van der Waals surface area contributed by atoms with Gasteiger partial charge in [-0.05, 0) is 28.4 Å². The average molecular weight is 345 g/mol. The second-order valence-corrected chi connectivity index (χ2v) is 5.25. The van der Waals surface area contributed by atoms with Crippen molar-refractivity contribution in [1.29, 1.82) is 0 Å². The van der Waals surface area contributed by atoms with Crippen LogP contribution in [0.2, 0.25) is 0 Å². The highest BCUT2D eigenvalue weighted by atomic mass is 79.9. The molecule has 1 atom stereocenters. The van der Waals surface area contributed by atoms with Gasteiger partial charge in [-0.1, -0.05) is 13.3 Å². The van der Waals surface area contributed by atoms with E-state index in [4.69, 9.17) is 5.11 Å². The van der Waals surface area contributed by atoms with Crippen LogP contribution in [0, 0.1) is 0 Å². The van der Waals surface area contributed by atoms with E-state index >= 15 is 0 Å². The van der Waals surface area contributed by atoms with Gasteiger partial charge in [0, 0.05) is 23.3 Å². The molecule has 1 amide bonds. The maximum Gasteiger partial charge on any atom is 0.305 e. The summed E-state index contributed by atoms with van der Waals surface area (Å²) < 4.78 is 2.07. The highest BCUT2D eigenvalue weighted by Gasteiger charge is 2.20. The number of halogens is 1. The third kappa shape index (κ3) is 4.80. The van der Waals surface area contributed by atoms with Crippen LogP contribution >= 0.6 is 15.9 Å². The molecule has 1 aromatic rings. The van der Waals surface area contributed by atoms with Crippen LogP contribution in [0.25, 0.3) is 0 Å². The molecule has 0 aliphatic carbocycles. The first-order valence-electron chi connectivity index (χ1n) is 6.33. The first kappa shape index (κ1) is 16.4. The van der Waals surface area contributed by atoms with Gasteiger partial charge in [0.1, 0.15) is 6.04 Å². The maximum absolute atomic E-state index is 12.1. The van der Waals surface area contributed by atoms with Crippen LogP contribution in [-0.4, -0.2) is 28.1 Å². The summed E-state index contributed by atoms with van der Waals surface area (Å²) in [5, 5.41) is 11.1. The van der Waals surface area contributed by atoms with Crippen LogP contribution in [0.15, 0.2) is 27.6 Å². The molecule has 0 spiro atoms. The van der Waals surface area contributed by atoms with Gasteiger partial charge in [-0.15, -0.1) is 0 Å². The first-order chi connectivity index (χ1) is 9.45. The van der Waals surface area contributed by atoms with Gasteiger partial charge in [0.2, 0.25) is 5.91 Å². The number of rotatable bonds is 7. The number of nitrogens with zero attached hydrogens (tertiary/aromatic N) is 1. The number of carbonyl (C=O) groups is 2. The smallest absolute Gasteiger partial charge is 0.305 e. The van der Waals surface area contributed by atoms with Gasteiger partial charge in [-0.25, -0.2) is 0 Å². The summed E-state index contributed by atoms with van der Waals surface area (Å²) in [6.07, 6.45) is 2.67. The summed E-state index contributed by atoms with van der Waals surface area (Å²) in [6, 6.07) is 2.38. The van der Waals surface area contributed by atoms with Gasteiger partial charge in [-0.3, -0.25) is 14.4 Å². The van der Waals surface area contributed by atoms with Gasteiger partial charge < -0.3 is 15.0 Å². The molecule has 6 nitrogen and oxygen atoms in total. The molecule has 0 saturated heterocycles. The third-order valence-corrected chi connectivity index (χ3v) is 3.21. The van der Waals surface area contributed by atoms with E-state index in [0.29, 0.717) is 10.9 Å². The summed E-state index contributed by atoms with van der Waals surface area (Å²) in [7, 11) is 0. The summed E-state index contributed by atoms with van der Waals surface area (Å²) in [4.78, 5) is 34.4. The largest absolute Gasteiger partial charge is 0.481 e. The fourth-order valence-corrected chi connectivity index (χ4v) is 2.15.